The van der Waals surface area contributed by atoms with Crippen LogP contribution < -0.4 is 4.74 Å². The van der Waals surface area contributed by atoms with E-state index in [4.69, 9.17) is 16.3 Å². The van der Waals surface area contributed by atoms with Crippen LogP contribution in [-0.2, 0) is 6.42 Å². The van der Waals surface area contributed by atoms with Crippen LogP contribution in [0.3, 0.4) is 0 Å². The minimum absolute atomic E-state index is 0.398. The number of halogens is 1. The van der Waals surface area contributed by atoms with Gasteiger partial charge in [-0.3, -0.25) is 0 Å². The first kappa shape index (κ1) is 12.3. The molecule has 1 heterocycles. The lowest BCUT2D eigenvalue weighted by Crippen LogP contribution is -2.03. The third-order valence-corrected chi connectivity index (χ3v) is 3.10. The molecule has 1 N–H and O–H groups in total. The quantitative estimate of drug-likeness (QED) is 0.927. The van der Waals surface area contributed by atoms with E-state index >= 15 is 0 Å². The van der Waals surface area contributed by atoms with Gasteiger partial charge in [0.1, 0.15) is 17.5 Å². The number of benzene rings is 1. The van der Waals surface area contributed by atoms with Gasteiger partial charge in [0.15, 0.2) is 0 Å². The van der Waals surface area contributed by atoms with Crippen LogP contribution in [0.1, 0.15) is 17.4 Å². The molecule has 0 bridgehead atoms. The van der Waals surface area contributed by atoms with E-state index in [9.17, 15) is 5.11 Å². The van der Waals surface area contributed by atoms with E-state index < -0.39 is 6.10 Å². The van der Waals surface area contributed by atoms with Crippen LogP contribution in [0.5, 0.6) is 5.75 Å². The van der Waals surface area contributed by atoms with Gasteiger partial charge >= 0.3 is 0 Å². The average molecular weight is 271 g/mol. The van der Waals surface area contributed by atoms with Gasteiger partial charge in [-0.1, -0.05) is 11.6 Å². The molecule has 0 saturated carbocycles. The van der Waals surface area contributed by atoms with E-state index in [0.29, 0.717) is 22.9 Å². The van der Waals surface area contributed by atoms with Gasteiger partial charge in [0, 0.05) is 11.4 Å². The van der Waals surface area contributed by atoms with Crippen molar-refractivity contribution in [1.82, 2.24) is 8.75 Å². The zero-order chi connectivity index (χ0) is 12.3. The summed E-state index contributed by atoms with van der Waals surface area (Å²) >= 11 is 6.99. The second-order valence-corrected chi connectivity index (χ2v) is 4.50. The first-order valence-electron chi connectivity index (χ1n) is 4.98. The summed E-state index contributed by atoms with van der Waals surface area (Å²) in [6, 6.07) is 5.31. The summed E-state index contributed by atoms with van der Waals surface area (Å²) in [4.78, 5) is 0. The minimum atomic E-state index is -0.693. The monoisotopic (exact) mass is 270 g/mol. The zero-order valence-corrected chi connectivity index (χ0v) is 10.7. The average Bonchev–Trinajstić information content (AvgIpc) is 2.83. The van der Waals surface area contributed by atoms with E-state index in [-0.39, 0.29) is 0 Å². The molecule has 4 nitrogen and oxygen atoms in total. The van der Waals surface area contributed by atoms with Gasteiger partial charge in [0.25, 0.3) is 0 Å². The van der Waals surface area contributed by atoms with Crippen molar-refractivity contribution in [2.75, 3.05) is 7.11 Å². The summed E-state index contributed by atoms with van der Waals surface area (Å²) in [5.41, 5.74) is 1.41. The molecule has 0 fully saturated rings. The molecule has 2 rings (SSSR count). The molecule has 17 heavy (non-hydrogen) atoms. The Morgan fingerprint density at radius 3 is 3.00 bits per heavy atom. The Morgan fingerprint density at radius 1 is 1.53 bits per heavy atom. The van der Waals surface area contributed by atoms with Crippen molar-refractivity contribution >= 4 is 23.3 Å². The summed E-state index contributed by atoms with van der Waals surface area (Å²) in [5, 5.41) is 10.6. The van der Waals surface area contributed by atoms with E-state index in [1.165, 1.54) is 0 Å². The fourth-order valence-corrected chi connectivity index (χ4v) is 2.20. The van der Waals surface area contributed by atoms with Crippen LogP contribution in [0.15, 0.2) is 24.4 Å². The molecule has 0 aliphatic carbocycles. The number of hydrogen-bond donors (Lipinski definition) is 1. The van der Waals surface area contributed by atoms with Crippen LogP contribution in [0.25, 0.3) is 0 Å². The highest BCUT2D eigenvalue weighted by Crippen LogP contribution is 2.27. The van der Waals surface area contributed by atoms with Crippen LogP contribution in [0.4, 0.5) is 0 Å². The number of methoxy groups -OCH3 is 1. The zero-order valence-electron chi connectivity index (χ0n) is 9.13. The third kappa shape index (κ3) is 2.94. The molecule has 1 unspecified atom stereocenters. The van der Waals surface area contributed by atoms with Gasteiger partial charge in [-0.15, -0.1) is 0 Å². The van der Waals surface area contributed by atoms with Crippen LogP contribution in [0, 0.1) is 0 Å². The molecule has 0 aliphatic rings. The SMILES string of the molecule is COc1ccc(Cl)cc1CC(O)c1cnsn1. The van der Waals surface area contributed by atoms with Crippen LogP contribution in [0.2, 0.25) is 5.02 Å². The Balaban J connectivity index is 2.20. The lowest BCUT2D eigenvalue weighted by molar-refractivity contribution is 0.173. The van der Waals surface area contributed by atoms with Crippen LogP contribution in [-0.4, -0.2) is 21.0 Å². The number of aromatic nitrogens is 2. The second-order valence-electron chi connectivity index (χ2n) is 3.51. The van der Waals surface area contributed by atoms with Crippen molar-refractivity contribution in [2.45, 2.75) is 12.5 Å². The van der Waals surface area contributed by atoms with Gasteiger partial charge in [-0.25, -0.2) is 0 Å². The van der Waals surface area contributed by atoms with Gasteiger partial charge in [0.2, 0.25) is 0 Å². The standard InChI is InChI=1S/C11H11ClN2O2S/c1-16-11-3-2-8(12)4-7(11)5-10(15)9-6-13-17-14-9/h2-4,6,10,15H,5H2,1H3. The van der Waals surface area contributed by atoms with Crippen LogP contribution >= 0.6 is 23.3 Å². The van der Waals surface area contributed by atoms with Crippen molar-refractivity contribution in [3.63, 3.8) is 0 Å². The molecule has 6 heteroatoms. The number of nitrogens with zero attached hydrogens (tertiary/aromatic N) is 2. The largest absolute Gasteiger partial charge is 0.496 e. The normalized spacial score (nSPS) is 12.4. The fourth-order valence-electron chi connectivity index (χ4n) is 1.54. The second kappa shape index (κ2) is 5.44. The Bertz CT molecular complexity index is 490. The highest BCUT2D eigenvalue weighted by atomic mass is 35.5. The fraction of sp³-hybridized carbons (Fsp3) is 0.273. The third-order valence-electron chi connectivity index (χ3n) is 2.38. The van der Waals surface area contributed by atoms with Crippen molar-refractivity contribution in [2.24, 2.45) is 0 Å². The summed E-state index contributed by atoms with van der Waals surface area (Å²) in [6.45, 7) is 0. The van der Waals surface area contributed by atoms with Gasteiger partial charge in [-0.05, 0) is 23.8 Å². The number of ether oxygens (including phenoxy) is 1. The van der Waals surface area contributed by atoms with Gasteiger partial charge < -0.3 is 9.84 Å². The summed E-state index contributed by atoms with van der Waals surface area (Å²) in [5.74, 6) is 0.705. The maximum atomic E-state index is 9.98. The predicted molar refractivity (Wildman–Crippen MR) is 66.6 cm³/mol. The summed E-state index contributed by atoms with van der Waals surface area (Å²) < 4.78 is 13.1. The molecule has 0 amide bonds. The summed E-state index contributed by atoms with van der Waals surface area (Å²) in [6.07, 6.45) is 1.27. The highest BCUT2D eigenvalue weighted by Gasteiger charge is 2.14. The number of aliphatic hydroxyl groups excluding tert-OH is 1. The van der Waals surface area contributed by atoms with Gasteiger partial charge in [-0.2, -0.15) is 8.75 Å². The maximum absolute atomic E-state index is 9.98. The molecule has 0 aliphatic heterocycles. The molecule has 0 saturated heterocycles. The minimum Gasteiger partial charge on any atom is -0.496 e. The molecule has 90 valence electrons. The Labute approximate surface area is 108 Å². The topological polar surface area (TPSA) is 55.2 Å². The lowest BCUT2D eigenvalue weighted by Gasteiger charge is -2.11. The molecule has 2 aromatic rings. The molecule has 1 atom stereocenters. The predicted octanol–water partition coefficient (Wildman–Crippen LogP) is 2.48. The van der Waals surface area contributed by atoms with Gasteiger partial charge in [0.05, 0.1) is 25.0 Å². The Morgan fingerprint density at radius 2 is 2.35 bits per heavy atom. The van der Waals surface area contributed by atoms with E-state index in [0.717, 1.165) is 17.3 Å². The Hall–Kier alpha value is -1.17. The first-order valence-corrected chi connectivity index (χ1v) is 6.09. The van der Waals surface area contributed by atoms with E-state index in [1.54, 1.807) is 31.5 Å². The molecule has 0 spiro atoms. The number of aliphatic hydroxyl groups is 1. The maximum Gasteiger partial charge on any atom is 0.122 e. The molecule has 0 radical (unpaired) electrons. The van der Waals surface area contributed by atoms with E-state index in [1.807, 2.05) is 0 Å². The van der Waals surface area contributed by atoms with Crippen molar-refractivity contribution in [3.8, 4) is 5.75 Å². The molecule has 1 aromatic carbocycles. The molecular weight excluding hydrogens is 260 g/mol. The first-order chi connectivity index (χ1) is 8.20. The van der Waals surface area contributed by atoms with Crippen molar-refractivity contribution in [1.29, 1.82) is 0 Å². The molecule has 1 aromatic heterocycles. The molecular formula is C11H11ClN2O2S. The van der Waals surface area contributed by atoms with E-state index in [2.05, 4.69) is 8.75 Å². The summed E-state index contributed by atoms with van der Waals surface area (Å²) in [7, 11) is 1.59. The number of hydrogen-bond acceptors (Lipinski definition) is 5. The smallest absolute Gasteiger partial charge is 0.122 e. The lowest BCUT2D eigenvalue weighted by atomic mass is 10.1. The highest BCUT2D eigenvalue weighted by molar-refractivity contribution is 6.99. The van der Waals surface area contributed by atoms with Crippen molar-refractivity contribution in [3.05, 3.63) is 40.7 Å². The Kier molecular flexibility index (Phi) is 3.93. The number of rotatable bonds is 4. The van der Waals surface area contributed by atoms with Crippen molar-refractivity contribution < 1.29 is 9.84 Å².